The maximum absolute atomic E-state index is 12.3. The first kappa shape index (κ1) is 15.2. The summed E-state index contributed by atoms with van der Waals surface area (Å²) < 4.78 is 32.9. The first-order valence-corrected chi connectivity index (χ1v) is 7.44. The van der Waals surface area contributed by atoms with Crippen molar-refractivity contribution in [2.24, 2.45) is 0 Å². The van der Waals surface area contributed by atoms with E-state index in [0.717, 1.165) is 4.68 Å². The molecule has 0 unspecified atom stereocenters. The summed E-state index contributed by atoms with van der Waals surface area (Å²) >= 11 is 0. The van der Waals surface area contributed by atoms with Gasteiger partial charge in [0, 0.05) is 6.07 Å². The van der Waals surface area contributed by atoms with Crippen LogP contribution in [0.2, 0.25) is 0 Å². The highest BCUT2D eigenvalue weighted by molar-refractivity contribution is 7.89. The van der Waals surface area contributed by atoms with Gasteiger partial charge >= 0.3 is 5.97 Å². The zero-order valence-electron chi connectivity index (χ0n) is 11.4. The summed E-state index contributed by atoms with van der Waals surface area (Å²) in [5.74, 6) is -0.731. The summed E-state index contributed by atoms with van der Waals surface area (Å²) in [6.45, 7) is 2.57. The van der Waals surface area contributed by atoms with E-state index in [9.17, 15) is 13.2 Å². The quantitative estimate of drug-likeness (QED) is 0.771. The van der Waals surface area contributed by atoms with Crippen LogP contribution in [0.5, 0.6) is 0 Å². The Bertz CT molecular complexity index is 748. The zero-order chi connectivity index (χ0) is 15.6. The summed E-state index contributed by atoms with van der Waals surface area (Å²) in [6, 6.07) is 1.54. The highest BCUT2D eigenvalue weighted by atomic mass is 32.2. The second kappa shape index (κ2) is 5.66. The number of aliphatic carboxylic acids is 1. The van der Waals surface area contributed by atoms with Gasteiger partial charge in [0.25, 0.3) is 0 Å². The lowest BCUT2D eigenvalue weighted by molar-refractivity contribution is -0.137. The lowest BCUT2D eigenvalue weighted by Gasteiger charge is -2.06. The van der Waals surface area contributed by atoms with Crippen LogP contribution in [0.25, 0.3) is 0 Å². The third-order valence-electron chi connectivity index (χ3n) is 2.80. The number of aryl methyl sites for hydroxylation is 1. The zero-order valence-corrected chi connectivity index (χ0v) is 12.2. The molecule has 0 aromatic carbocycles. The van der Waals surface area contributed by atoms with Crippen molar-refractivity contribution in [3.05, 3.63) is 29.4 Å². The number of aromatic nitrogens is 3. The van der Waals surface area contributed by atoms with E-state index >= 15 is 0 Å². The predicted molar refractivity (Wildman–Crippen MR) is 69.9 cm³/mol. The molecule has 0 atom stereocenters. The Morgan fingerprint density at radius 1 is 1.48 bits per heavy atom. The van der Waals surface area contributed by atoms with Crippen LogP contribution in [0, 0.1) is 13.8 Å². The molecular weight excluding hydrogens is 300 g/mol. The maximum atomic E-state index is 12.3. The SMILES string of the molecule is Cc1nn(CC(=O)O)c(C)c1S(=O)(=O)NCc1ccno1. The minimum Gasteiger partial charge on any atom is -0.480 e. The topological polar surface area (TPSA) is 127 Å². The molecule has 0 aliphatic heterocycles. The van der Waals surface area contributed by atoms with Crippen molar-refractivity contribution >= 4 is 16.0 Å². The van der Waals surface area contributed by atoms with Gasteiger partial charge in [-0.2, -0.15) is 5.10 Å². The van der Waals surface area contributed by atoms with Crippen LogP contribution in [-0.2, 0) is 27.9 Å². The van der Waals surface area contributed by atoms with Crippen molar-refractivity contribution in [1.29, 1.82) is 0 Å². The molecule has 0 amide bonds. The minimum absolute atomic E-state index is 0.0248. The van der Waals surface area contributed by atoms with Crippen LogP contribution in [-0.4, -0.2) is 34.4 Å². The summed E-state index contributed by atoms with van der Waals surface area (Å²) in [5, 5.41) is 16.2. The van der Waals surface area contributed by atoms with Gasteiger partial charge in [0.15, 0.2) is 5.76 Å². The fourth-order valence-electron chi connectivity index (χ4n) is 1.92. The smallest absolute Gasteiger partial charge is 0.325 e. The monoisotopic (exact) mass is 314 g/mol. The van der Waals surface area contributed by atoms with Crippen molar-refractivity contribution in [1.82, 2.24) is 19.7 Å². The fourth-order valence-corrected chi connectivity index (χ4v) is 3.32. The number of sulfonamides is 1. The third kappa shape index (κ3) is 3.28. The summed E-state index contributed by atoms with van der Waals surface area (Å²) in [6.07, 6.45) is 1.41. The van der Waals surface area contributed by atoms with E-state index in [-0.39, 0.29) is 22.8 Å². The fraction of sp³-hybridized carbons (Fsp3) is 0.364. The van der Waals surface area contributed by atoms with E-state index in [0.29, 0.717) is 5.76 Å². The van der Waals surface area contributed by atoms with Crippen LogP contribution < -0.4 is 4.72 Å². The molecule has 9 nitrogen and oxygen atoms in total. The van der Waals surface area contributed by atoms with Crippen LogP contribution >= 0.6 is 0 Å². The molecule has 0 aliphatic carbocycles. The molecule has 2 rings (SSSR count). The molecule has 2 aromatic heterocycles. The van der Waals surface area contributed by atoms with E-state index in [2.05, 4.69) is 15.0 Å². The average molecular weight is 314 g/mol. The van der Waals surface area contributed by atoms with Gasteiger partial charge in [-0.1, -0.05) is 5.16 Å². The molecule has 0 saturated carbocycles. The van der Waals surface area contributed by atoms with Crippen LogP contribution in [0.3, 0.4) is 0 Å². The number of hydrogen-bond acceptors (Lipinski definition) is 6. The molecule has 0 fully saturated rings. The first-order valence-electron chi connectivity index (χ1n) is 5.96. The van der Waals surface area contributed by atoms with Crippen LogP contribution in [0.15, 0.2) is 21.7 Å². The Morgan fingerprint density at radius 3 is 2.76 bits per heavy atom. The Labute approximate surface area is 120 Å². The Balaban J connectivity index is 2.27. The van der Waals surface area contributed by atoms with Crippen molar-refractivity contribution in [2.45, 2.75) is 31.8 Å². The molecule has 0 saturated heterocycles. The largest absolute Gasteiger partial charge is 0.480 e. The molecule has 0 bridgehead atoms. The molecule has 2 heterocycles. The van der Waals surface area contributed by atoms with Gasteiger partial charge in [-0.3, -0.25) is 9.48 Å². The lowest BCUT2D eigenvalue weighted by Crippen LogP contribution is -2.24. The van der Waals surface area contributed by atoms with E-state index < -0.39 is 22.5 Å². The molecule has 21 heavy (non-hydrogen) atoms. The number of carboxylic acids is 1. The van der Waals surface area contributed by atoms with Crippen molar-refractivity contribution in [3.8, 4) is 0 Å². The van der Waals surface area contributed by atoms with Gasteiger partial charge < -0.3 is 9.63 Å². The molecular formula is C11H14N4O5S. The van der Waals surface area contributed by atoms with Gasteiger partial charge in [-0.15, -0.1) is 0 Å². The standard InChI is InChI=1S/C11H14N4O5S/c1-7-11(8(2)15(14-7)6-10(16)17)21(18,19)13-5-9-3-4-12-20-9/h3-4,13H,5-6H2,1-2H3,(H,16,17). The summed E-state index contributed by atoms with van der Waals surface area (Å²) in [4.78, 5) is 10.7. The number of nitrogens with zero attached hydrogens (tertiary/aromatic N) is 3. The maximum Gasteiger partial charge on any atom is 0.325 e. The normalized spacial score (nSPS) is 11.7. The van der Waals surface area contributed by atoms with Gasteiger partial charge in [-0.05, 0) is 13.8 Å². The van der Waals surface area contributed by atoms with E-state index in [1.807, 2.05) is 0 Å². The van der Waals surface area contributed by atoms with Crippen molar-refractivity contribution in [2.75, 3.05) is 0 Å². The molecule has 0 spiro atoms. The second-order valence-corrected chi connectivity index (χ2v) is 6.06. The predicted octanol–water partition coefficient (Wildman–Crippen LogP) is 0.0510. The lowest BCUT2D eigenvalue weighted by atomic mass is 10.4. The van der Waals surface area contributed by atoms with Gasteiger partial charge in [-0.25, -0.2) is 13.1 Å². The van der Waals surface area contributed by atoms with Gasteiger partial charge in [0.1, 0.15) is 11.4 Å². The van der Waals surface area contributed by atoms with Crippen LogP contribution in [0.1, 0.15) is 17.1 Å². The number of carbonyl (C=O) groups is 1. The summed E-state index contributed by atoms with van der Waals surface area (Å²) in [7, 11) is -3.83. The summed E-state index contributed by atoms with van der Waals surface area (Å²) in [5.41, 5.74) is 0.499. The molecule has 0 radical (unpaired) electrons. The van der Waals surface area contributed by atoms with Crippen LogP contribution in [0.4, 0.5) is 0 Å². The average Bonchev–Trinajstić information content (AvgIpc) is 2.96. The molecule has 2 aromatic rings. The molecule has 10 heteroatoms. The van der Waals surface area contributed by atoms with Crippen molar-refractivity contribution in [3.63, 3.8) is 0 Å². The van der Waals surface area contributed by atoms with E-state index in [4.69, 9.17) is 9.63 Å². The Kier molecular flexibility index (Phi) is 4.09. The molecule has 114 valence electrons. The second-order valence-electron chi connectivity index (χ2n) is 4.35. The van der Waals surface area contributed by atoms with Gasteiger partial charge in [0.05, 0.1) is 24.1 Å². The Morgan fingerprint density at radius 2 is 2.19 bits per heavy atom. The number of nitrogens with one attached hydrogen (secondary N) is 1. The van der Waals surface area contributed by atoms with Gasteiger partial charge in [0.2, 0.25) is 10.0 Å². The number of hydrogen-bond donors (Lipinski definition) is 2. The highest BCUT2D eigenvalue weighted by Crippen LogP contribution is 2.19. The number of rotatable bonds is 6. The minimum atomic E-state index is -3.83. The third-order valence-corrected chi connectivity index (χ3v) is 4.45. The number of carboxylic acid groups (broad SMARTS) is 1. The first-order chi connectivity index (χ1) is 9.81. The van der Waals surface area contributed by atoms with E-state index in [1.165, 1.54) is 26.1 Å². The highest BCUT2D eigenvalue weighted by Gasteiger charge is 2.25. The van der Waals surface area contributed by atoms with E-state index in [1.54, 1.807) is 0 Å². The molecule has 0 aliphatic rings. The van der Waals surface area contributed by atoms with Crippen molar-refractivity contribution < 1.29 is 22.8 Å². The Hall–Kier alpha value is -2.20. The molecule has 2 N–H and O–H groups in total.